The molecule has 4 heteroatoms. The summed E-state index contributed by atoms with van der Waals surface area (Å²) in [5.41, 5.74) is 2.29. The fourth-order valence-electron chi connectivity index (χ4n) is 2.46. The minimum absolute atomic E-state index is 0.0173. The van der Waals surface area contributed by atoms with Gasteiger partial charge in [0.2, 0.25) is 0 Å². The Bertz CT molecular complexity index is 409. The van der Waals surface area contributed by atoms with Gasteiger partial charge >= 0.3 is 0 Å². The highest BCUT2D eigenvalue weighted by Gasteiger charge is 2.22. The zero-order chi connectivity index (χ0) is 12.4. The van der Waals surface area contributed by atoms with Gasteiger partial charge in [-0.3, -0.25) is 0 Å². The molecule has 0 aromatic heterocycles. The lowest BCUT2D eigenvalue weighted by atomic mass is 9.87. The van der Waals surface area contributed by atoms with Crippen molar-refractivity contribution in [3.63, 3.8) is 0 Å². The largest absolute Gasteiger partial charge is 0.504 e. The van der Waals surface area contributed by atoms with Crippen LogP contribution in [0.5, 0.6) is 11.5 Å². The van der Waals surface area contributed by atoms with Crippen molar-refractivity contribution in [3.8, 4) is 11.5 Å². The van der Waals surface area contributed by atoms with Gasteiger partial charge < -0.3 is 15.1 Å². The van der Waals surface area contributed by atoms with E-state index in [2.05, 4.69) is 11.9 Å². The molecule has 2 N–H and O–H groups in total. The SMILES string of the molecule is CN(CCCl)[C@H]1CCc2cc(O)c(O)cc2C1. The highest BCUT2D eigenvalue weighted by Crippen LogP contribution is 2.33. The number of nitrogens with zero attached hydrogens (tertiary/aromatic N) is 1. The van der Waals surface area contributed by atoms with Crippen molar-refractivity contribution in [2.75, 3.05) is 19.5 Å². The first-order valence-electron chi connectivity index (χ1n) is 5.91. The van der Waals surface area contributed by atoms with E-state index in [-0.39, 0.29) is 11.5 Å². The van der Waals surface area contributed by atoms with E-state index in [1.54, 1.807) is 12.1 Å². The highest BCUT2D eigenvalue weighted by molar-refractivity contribution is 6.18. The highest BCUT2D eigenvalue weighted by atomic mass is 35.5. The summed E-state index contributed by atoms with van der Waals surface area (Å²) in [5, 5.41) is 19.0. The second kappa shape index (κ2) is 5.15. The number of hydrogen-bond donors (Lipinski definition) is 2. The van der Waals surface area contributed by atoms with Gasteiger partial charge in [0, 0.05) is 18.5 Å². The number of rotatable bonds is 3. The van der Waals surface area contributed by atoms with Crippen LogP contribution in [0.2, 0.25) is 0 Å². The van der Waals surface area contributed by atoms with Crippen LogP contribution in [0.1, 0.15) is 17.5 Å². The first kappa shape index (κ1) is 12.5. The van der Waals surface area contributed by atoms with Crippen molar-refractivity contribution in [1.82, 2.24) is 4.90 Å². The van der Waals surface area contributed by atoms with E-state index in [4.69, 9.17) is 11.6 Å². The van der Waals surface area contributed by atoms with Gasteiger partial charge in [-0.1, -0.05) is 0 Å². The molecule has 0 unspecified atom stereocenters. The van der Waals surface area contributed by atoms with Gasteiger partial charge in [0.25, 0.3) is 0 Å². The summed E-state index contributed by atoms with van der Waals surface area (Å²) in [6.45, 7) is 0.881. The zero-order valence-corrected chi connectivity index (χ0v) is 10.7. The number of aromatic hydroxyl groups is 2. The molecule has 1 aromatic rings. The monoisotopic (exact) mass is 255 g/mol. The summed E-state index contributed by atoms with van der Waals surface area (Å²) in [4.78, 5) is 2.26. The second-order valence-electron chi connectivity index (χ2n) is 4.68. The molecule has 1 aliphatic rings. The molecule has 0 heterocycles. The lowest BCUT2D eigenvalue weighted by Crippen LogP contribution is -2.37. The van der Waals surface area contributed by atoms with Gasteiger partial charge in [0.1, 0.15) is 0 Å². The Morgan fingerprint density at radius 1 is 1.29 bits per heavy atom. The summed E-state index contributed by atoms with van der Waals surface area (Å²) in [6, 6.07) is 3.85. The molecule has 0 aliphatic heterocycles. The molecule has 0 bridgehead atoms. The van der Waals surface area contributed by atoms with E-state index < -0.39 is 0 Å². The van der Waals surface area contributed by atoms with Crippen LogP contribution < -0.4 is 0 Å². The molecule has 0 radical (unpaired) electrons. The molecule has 1 atom stereocenters. The van der Waals surface area contributed by atoms with E-state index in [1.165, 1.54) is 0 Å². The number of phenols is 2. The van der Waals surface area contributed by atoms with Gasteiger partial charge in [-0.15, -0.1) is 11.6 Å². The lowest BCUT2D eigenvalue weighted by molar-refractivity contribution is 0.233. The molecule has 1 aromatic carbocycles. The fourth-order valence-corrected chi connectivity index (χ4v) is 2.72. The Balaban J connectivity index is 2.15. The number of hydrogen-bond acceptors (Lipinski definition) is 3. The molecular formula is C13H18ClNO2. The number of phenolic OH excluding ortho intramolecular Hbond substituents is 2. The van der Waals surface area contributed by atoms with Gasteiger partial charge in [-0.25, -0.2) is 0 Å². The number of likely N-dealkylation sites (N-methyl/N-ethyl adjacent to an activating group) is 1. The molecule has 0 amide bonds. The third-order valence-electron chi connectivity index (χ3n) is 3.56. The number of alkyl halides is 1. The van der Waals surface area contributed by atoms with Crippen LogP contribution >= 0.6 is 11.6 Å². The first-order valence-corrected chi connectivity index (χ1v) is 6.45. The van der Waals surface area contributed by atoms with Crippen LogP contribution in [0.3, 0.4) is 0 Å². The second-order valence-corrected chi connectivity index (χ2v) is 5.05. The summed E-state index contributed by atoms with van der Waals surface area (Å²) in [7, 11) is 2.08. The molecule has 94 valence electrons. The maximum atomic E-state index is 9.52. The molecule has 17 heavy (non-hydrogen) atoms. The maximum absolute atomic E-state index is 9.52. The summed E-state index contributed by atoms with van der Waals surface area (Å²) in [5.74, 6) is 0.599. The van der Waals surface area contributed by atoms with Gasteiger partial charge in [0.15, 0.2) is 11.5 Å². The Hall–Kier alpha value is -0.930. The summed E-state index contributed by atoms with van der Waals surface area (Å²) < 4.78 is 0. The van der Waals surface area contributed by atoms with Crippen molar-refractivity contribution < 1.29 is 10.2 Å². The number of fused-ring (bicyclic) bond motifs is 1. The fraction of sp³-hybridized carbons (Fsp3) is 0.538. The average Bonchev–Trinajstić information content (AvgIpc) is 2.30. The van der Waals surface area contributed by atoms with Crippen LogP contribution in [-0.2, 0) is 12.8 Å². The van der Waals surface area contributed by atoms with Crippen molar-refractivity contribution in [3.05, 3.63) is 23.3 Å². The molecule has 1 aliphatic carbocycles. The molecular weight excluding hydrogens is 238 g/mol. The summed E-state index contributed by atoms with van der Waals surface area (Å²) >= 11 is 5.75. The molecule has 0 spiro atoms. The predicted octanol–water partition coefficient (Wildman–Crippen LogP) is 2.13. The smallest absolute Gasteiger partial charge is 0.157 e. The lowest BCUT2D eigenvalue weighted by Gasteiger charge is -2.32. The Morgan fingerprint density at radius 2 is 1.94 bits per heavy atom. The van der Waals surface area contributed by atoms with Crippen LogP contribution in [0, 0.1) is 0 Å². The normalized spacial score (nSPS) is 19.4. The number of halogens is 1. The standard InChI is InChI=1S/C13H18ClNO2/c1-15(5-4-14)11-3-2-9-7-12(16)13(17)8-10(9)6-11/h7-8,11,16-17H,2-6H2,1H3/t11-/m0/s1. The molecule has 0 saturated heterocycles. The van der Waals surface area contributed by atoms with Crippen LogP contribution in [0.15, 0.2) is 12.1 Å². The molecule has 0 saturated carbocycles. The van der Waals surface area contributed by atoms with Crippen LogP contribution in [0.4, 0.5) is 0 Å². The number of benzene rings is 1. The van der Waals surface area contributed by atoms with E-state index in [1.807, 2.05) is 0 Å². The molecule has 2 rings (SSSR count). The van der Waals surface area contributed by atoms with Crippen molar-refractivity contribution in [2.45, 2.75) is 25.3 Å². The maximum Gasteiger partial charge on any atom is 0.157 e. The Kier molecular flexibility index (Phi) is 3.79. The van der Waals surface area contributed by atoms with Crippen molar-refractivity contribution in [1.29, 1.82) is 0 Å². The van der Waals surface area contributed by atoms with Gasteiger partial charge in [-0.2, -0.15) is 0 Å². The average molecular weight is 256 g/mol. The van der Waals surface area contributed by atoms with Gasteiger partial charge in [-0.05, 0) is 49.6 Å². The zero-order valence-electron chi connectivity index (χ0n) is 9.99. The minimum Gasteiger partial charge on any atom is -0.504 e. The third kappa shape index (κ3) is 2.67. The Labute approximate surface area is 107 Å². The van der Waals surface area contributed by atoms with E-state index in [9.17, 15) is 10.2 Å². The van der Waals surface area contributed by atoms with Gasteiger partial charge in [0.05, 0.1) is 0 Å². The third-order valence-corrected chi connectivity index (χ3v) is 3.73. The van der Waals surface area contributed by atoms with Crippen molar-refractivity contribution in [2.24, 2.45) is 0 Å². The van der Waals surface area contributed by atoms with E-state index >= 15 is 0 Å². The Morgan fingerprint density at radius 3 is 2.59 bits per heavy atom. The first-order chi connectivity index (χ1) is 8.11. The van der Waals surface area contributed by atoms with E-state index in [0.29, 0.717) is 11.9 Å². The van der Waals surface area contributed by atoms with Crippen LogP contribution in [-0.4, -0.2) is 40.6 Å². The van der Waals surface area contributed by atoms with Crippen molar-refractivity contribution >= 4 is 11.6 Å². The number of aryl methyl sites for hydroxylation is 1. The van der Waals surface area contributed by atoms with E-state index in [0.717, 1.165) is 36.9 Å². The topological polar surface area (TPSA) is 43.7 Å². The molecule has 3 nitrogen and oxygen atoms in total. The summed E-state index contributed by atoms with van der Waals surface area (Å²) in [6.07, 6.45) is 2.93. The van der Waals surface area contributed by atoms with Crippen LogP contribution in [0.25, 0.3) is 0 Å². The minimum atomic E-state index is -0.0237. The molecule has 0 fully saturated rings. The predicted molar refractivity (Wildman–Crippen MR) is 68.9 cm³/mol. The quantitative estimate of drug-likeness (QED) is 0.642.